The van der Waals surface area contributed by atoms with Crippen molar-refractivity contribution in [1.29, 1.82) is 0 Å². The Hall–Kier alpha value is -1.62. The van der Waals surface area contributed by atoms with Crippen LogP contribution in [-0.2, 0) is 4.79 Å². The Morgan fingerprint density at radius 3 is 2.75 bits per heavy atom. The molecule has 0 aliphatic rings. The van der Waals surface area contributed by atoms with Crippen molar-refractivity contribution in [2.24, 2.45) is 5.73 Å². The molecule has 0 fully saturated rings. The summed E-state index contributed by atoms with van der Waals surface area (Å²) in [5.41, 5.74) is 6.55. The van der Waals surface area contributed by atoms with Crippen LogP contribution in [0, 0.1) is 12.7 Å². The average Bonchev–Trinajstić information content (AvgIpc) is 2.20. The molecule has 0 heterocycles. The second-order valence-electron chi connectivity index (χ2n) is 3.50. The highest BCUT2D eigenvalue weighted by Crippen LogP contribution is 2.30. The lowest BCUT2D eigenvalue weighted by atomic mass is 10.0. The SMILES string of the molecule is COc1c(C(N)CC(=O)O)ccc(F)c1C. The highest BCUT2D eigenvalue weighted by Gasteiger charge is 2.18. The molecule has 16 heavy (non-hydrogen) atoms. The fourth-order valence-corrected chi connectivity index (χ4v) is 1.55. The van der Waals surface area contributed by atoms with Crippen molar-refractivity contribution in [1.82, 2.24) is 0 Å². The van der Waals surface area contributed by atoms with Gasteiger partial charge < -0.3 is 15.6 Å². The van der Waals surface area contributed by atoms with Gasteiger partial charge in [-0.15, -0.1) is 0 Å². The van der Waals surface area contributed by atoms with E-state index in [-0.39, 0.29) is 6.42 Å². The second-order valence-corrected chi connectivity index (χ2v) is 3.50. The first-order valence-electron chi connectivity index (χ1n) is 4.77. The Labute approximate surface area is 92.8 Å². The van der Waals surface area contributed by atoms with Gasteiger partial charge in [-0.05, 0) is 13.0 Å². The zero-order valence-electron chi connectivity index (χ0n) is 9.16. The van der Waals surface area contributed by atoms with Gasteiger partial charge in [0.25, 0.3) is 0 Å². The largest absolute Gasteiger partial charge is 0.496 e. The molecule has 0 saturated heterocycles. The van der Waals surface area contributed by atoms with Crippen molar-refractivity contribution >= 4 is 5.97 Å². The summed E-state index contributed by atoms with van der Waals surface area (Å²) < 4.78 is 18.3. The molecule has 0 aliphatic heterocycles. The number of hydrogen-bond acceptors (Lipinski definition) is 3. The van der Waals surface area contributed by atoms with Gasteiger partial charge in [0.15, 0.2) is 0 Å². The van der Waals surface area contributed by atoms with Gasteiger partial charge in [-0.1, -0.05) is 6.07 Å². The molecule has 0 bridgehead atoms. The number of carboxylic acids is 1. The first kappa shape index (κ1) is 12.4. The van der Waals surface area contributed by atoms with E-state index in [1.54, 1.807) is 6.92 Å². The van der Waals surface area contributed by atoms with Crippen molar-refractivity contribution in [3.8, 4) is 5.75 Å². The van der Waals surface area contributed by atoms with Crippen LogP contribution in [0.4, 0.5) is 4.39 Å². The van der Waals surface area contributed by atoms with Gasteiger partial charge in [0.05, 0.1) is 13.5 Å². The lowest BCUT2D eigenvalue weighted by Gasteiger charge is -2.16. The Morgan fingerprint density at radius 1 is 1.62 bits per heavy atom. The summed E-state index contributed by atoms with van der Waals surface area (Å²) in [4.78, 5) is 10.5. The van der Waals surface area contributed by atoms with Crippen LogP contribution in [-0.4, -0.2) is 18.2 Å². The van der Waals surface area contributed by atoms with Crippen molar-refractivity contribution in [2.75, 3.05) is 7.11 Å². The van der Waals surface area contributed by atoms with Gasteiger partial charge >= 0.3 is 5.97 Å². The number of methoxy groups -OCH3 is 1. The lowest BCUT2D eigenvalue weighted by Crippen LogP contribution is -2.16. The van der Waals surface area contributed by atoms with Crippen LogP contribution in [0.3, 0.4) is 0 Å². The van der Waals surface area contributed by atoms with E-state index in [1.807, 2.05) is 0 Å². The third-order valence-corrected chi connectivity index (χ3v) is 2.37. The van der Waals surface area contributed by atoms with E-state index in [4.69, 9.17) is 15.6 Å². The standard InChI is InChI=1S/C11H14FNO3/c1-6-8(12)4-3-7(11(6)16-2)9(13)5-10(14)15/h3-4,9H,5,13H2,1-2H3,(H,14,15). The monoisotopic (exact) mass is 227 g/mol. The normalized spacial score (nSPS) is 12.2. The minimum atomic E-state index is -1.00. The summed E-state index contributed by atoms with van der Waals surface area (Å²) in [6.45, 7) is 1.56. The number of ether oxygens (including phenoxy) is 1. The van der Waals surface area contributed by atoms with E-state index in [1.165, 1.54) is 19.2 Å². The van der Waals surface area contributed by atoms with Crippen molar-refractivity contribution < 1.29 is 19.0 Å². The van der Waals surface area contributed by atoms with Gasteiger partial charge in [-0.3, -0.25) is 4.79 Å². The summed E-state index contributed by atoms with van der Waals surface area (Å²) in [7, 11) is 1.40. The Kier molecular flexibility index (Phi) is 3.84. The summed E-state index contributed by atoms with van der Waals surface area (Å²) in [5, 5.41) is 8.64. The van der Waals surface area contributed by atoms with E-state index in [0.29, 0.717) is 16.9 Å². The Balaban J connectivity index is 3.13. The third-order valence-electron chi connectivity index (χ3n) is 2.37. The molecule has 1 aromatic carbocycles. The molecule has 1 unspecified atom stereocenters. The maximum atomic E-state index is 13.2. The first-order valence-corrected chi connectivity index (χ1v) is 4.77. The minimum Gasteiger partial charge on any atom is -0.496 e. The molecule has 0 spiro atoms. The number of nitrogens with two attached hydrogens (primary N) is 1. The predicted molar refractivity (Wildman–Crippen MR) is 56.9 cm³/mol. The molecule has 5 heteroatoms. The van der Waals surface area contributed by atoms with Gasteiger partial charge in [0.1, 0.15) is 11.6 Å². The minimum absolute atomic E-state index is 0.221. The van der Waals surface area contributed by atoms with Crippen LogP contribution in [0.2, 0.25) is 0 Å². The average molecular weight is 227 g/mol. The molecule has 0 aromatic heterocycles. The highest BCUT2D eigenvalue weighted by molar-refractivity contribution is 5.68. The predicted octanol–water partition coefficient (Wildman–Crippen LogP) is 1.62. The topological polar surface area (TPSA) is 72.5 Å². The highest BCUT2D eigenvalue weighted by atomic mass is 19.1. The molecule has 0 amide bonds. The molecule has 0 radical (unpaired) electrons. The van der Waals surface area contributed by atoms with Crippen LogP contribution in [0.5, 0.6) is 5.75 Å². The summed E-state index contributed by atoms with van der Waals surface area (Å²) in [6, 6.07) is 2.01. The molecular formula is C11H14FNO3. The number of carboxylic acid groups (broad SMARTS) is 1. The number of hydrogen-bond donors (Lipinski definition) is 2. The quantitative estimate of drug-likeness (QED) is 0.819. The zero-order chi connectivity index (χ0) is 12.3. The first-order chi connectivity index (χ1) is 7.47. The lowest BCUT2D eigenvalue weighted by molar-refractivity contribution is -0.137. The molecular weight excluding hydrogens is 213 g/mol. The zero-order valence-corrected chi connectivity index (χ0v) is 9.16. The summed E-state index contributed by atoms with van der Waals surface area (Å²) in [5.74, 6) is -1.09. The molecule has 0 aliphatic carbocycles. The van der Waals surface area contributed by atoms with Crippen LogP contribution < -0.4 is 10.5 Å². The molecule has 3 N–H and O–H groups in total. The van der Waals surface area contributed by atoms with Crippen molar-refractivity contribution in [3.05, 3.63) is 29.1 Å². The van der Waals surface area contributed by atoms with E-state index in [0.717, 1.165) is 0 Å². The smallest absolute Gasteiger partial charge is 0.305 e. The fourth-order valence-electron chi connectivity index (χ4n) is 1.55. The maximum Gasteiger partial charge on any atom is 0.305 e. The van der Waals surface area contributed by atoms with Crippen LogP contribution in [0.1, 0.15) is 23.6 Å². The van der Waals surface area contributed by atoms with E-state index >= 15 is 0 Å². The van der Waals surface area contributed by atoms with Gasteiger partial charge in [-0.25, -0.2) is 4.39 Å². The summed E-state index contributed by atoms with van der Waals surface area (Å²) >= 11 is 0. The van der Waals surface area contributed by atoms with Crippen LogP contribution in [0.25, 0.3) is 0 Å². The number of benzene rings is 1. The van der Waals surface area contributed by atoms with Gasteiger partial charge in [0, 0.05) is 17.2 Å². The van der Waals surface area contributed by atoms with E-state index in [2.05, 4.69) is 0 Å². The van der Waals surface area contributed by atoms with Crippen LogP contribution >= 0.6 is 0 Å². The summed E-state index contributed by atoms with van der Waals surface area (Å²) in [6.07, 6.45) is -0.221. The van der Waals surface area contributed by atoms with E-state index < -0.39 is 17.8 Å². The maximum absolute atomic E-state index is 13.2. The van der Waals surface area contributed by atoms with Gasteiger partial charge in [0.2, 0.25) is 0 Å². The van der Waals surface area contributed by atoms with Crippen molar-refractivity contribution in [3.63, 3.8) is 0 Å². The van der Waals surface area contributed by atoms with Gasteiger partial charge in [-0.2, -0.15) is 0 Å². The number of aliphatic carboxylic acids is 1. The van der Waals surface area contributed by atoms with E-state index in [9.17, 15) is 9.18 Å². The molecule has 1 atom stereocenters. The molecule has 88 valence electrons. The Bertz CT molecular complexity index is 406. The van der Waals surface area contributed by atoms with Crippen molar-refractivity contribution in [2.45, 2.75) is 19.4 Å². The second kappa shape index (κ2) is 4.94. The number of rotatable bonds is 4. The molecule has 1 rings (SSSR count). The third kappa shape index (κ3) is 2.49. The van der Waals surface area contributed by atoms with Crippen LogP contribution in [0.15, 0.2) is 12.1 Å². The Morgan fingerprint density at radius 2 is 2.25 bits per heavy atom. The number of halogens is 1. The molecule has 4 nitrogen and oxygen atoms in total. The molecule has 1 aromatic rings. The number of carbonyl (C=O) groups is 1. The molecule has 0 saturated carbocycles. The fraction of sp³-hybridized carbons (Fsp3) is 0.364.